The number of hydrogen-bond acceptors (Lipinski definition) is 4. The fraction of sp³-hybridized carbons (Fsp3) is 0.625. The Morgan fingerprint density at radius 3 is 3.08 bits per heavy atom. The van der Waals surface area contributed by atoms with Crippen molar-refractivity contribution in [3.05, 3.63) is 6.20 Å². The van der Waals surface area contributed by atoms with E-state index >= 15 is 0 Å². The van der Waals surface area contributed by atoms with Crippen LogP contribution in [0.1, 0.15) is 25.7 Å². The van der Waals surface area contributed by atoms with Crippen molar-refractivity contribution in [3.63, 3.8) is 0 Å². The van der Waals surface area contributed by atoms with E-state index in [9.17, 15) is 4.79 Å². The third-order valence-electron chi connectivity index (χ3n) is 2.19. The van der Waals surface area contributed by atoms with Gasteiger partial charge in [0.15, 0.2) is 0 Å². The van der Waals surface area contributed by atoms with Crippen molar-refractivity contribution in [2.45, 2.75) is 25.7 Å². The van der Waals surface area contributed by atoms with Crippen LogP contribution < -0.4 is 4.90 Å². The monoisotopic (exact) mass is 181 g/mol. The minimum Gasteiger partial charge on any atom is -0.318 e. The van der Waals surface area contributed by atoms with Gasteiger partial charge in [-0.1, -0.05) is 6.42 Å². The van der Waals surface area contributed by atoms with Crippen LogP contribution in [0.2, 0.25) is 0 Å². The molecule has 1 aromatic rings. The Morgan fingerprint density at radius 2 is 2.31 bits per heavy atom. The number of aromatic nitrogens is 2. The zero-order valence-corrected chi connectivity index (χ0v) is 7.27. The fourth-order valence-electron chi connectivity index (χ4n) is 1.50. The molecule has 0 spiro atoms. The number of anilines is 1. The number of rotatable bonds is 1. The first-order valence-corrected chi connectivity index (χ1v) is 4.45. The summed E-state index contributed by atoms with van der Waals surface area (Å²) in [4.78, 5) is 13.1. The molecule has 0 saturated carbocycles. The summed E-state index contributed by atoms with van der Waals surface area (Å²) in [5, 5.41) is 6.90. The second-order valence-corrected chi connectivity index (χ2v) is 3.11. The lowest BCUT2D eigenvalue weighted by atomic mass is 10.2. The number of hydrogen-bond donors (Lipinski definition) is 0. The van der Waals surface area contributed by atoms with Gasteiger partial charge in [-0.05, 0) is 12.8 Å². The van der Waals surface area contributed by atoms with Crippen LogP contribution in [0.25, 0.3) is 0 Å². The van der Waals surface area contributed by atoms with Crippen molar-refractivity contribution in [2.75, 3.05) is 11.4 Å². The van der Waals surface area contributed by atoms with Crippen molar-refractivity contribution in [1.29, 1.82) is 0 Å². The zero-order chi connectivity index (χ0) is 9.10. The van der Waals surface area contributed by atoms with Crippen molar-refractivity contribution < 1.29 is 9.32 Å². The van der Waals surface area contributed by atoms with Crippen molar-refractivity contribution in [1.82, 2.24) is 10.4 Å². The number of nitrogens with zero attached hydrogens (tertiary/aromatic N) is 3. The van der Waals surface area contributed by atoms with Gasteiger partial charge in [-0.2, -0.15) is 0 Å². The number of carbonyl (C=O) groups excluding carboxylic acids is 1. The van der Waals surface area contributed by atoms with Crippen LogP contribution in [0, 0.1) is 0 Å². The summed E-state index contributed by atoms with van der Waals surface area (Å²) in [5.41, 5.74) is 0. The maximum absolute atomic E-state index is 11.5. The molecule has 5 nitrogen and oxygen atoms in total. The predicted molar refractivity (Wildman–Crippen MR) is 45.1 cm³/mol. The van der Waals surface area contributed by atoms with Crippen LogP contribution in [0.15, 0.2) is 10.7 Å². The van der Waals surface area contributed by atoms with Crippen LogP contribution in [-0.2, 0) is 4.79 Å². The van der Waals surface area contributed by atoms with Crippen LogP contribution in [0.4, 0.5) is 5.88 Å². The first-order chi connectivity index (χ1) is 6.38. The molecular formula is C8H11N3O2. The van der Waals surface area contributed by atoms with Gasteiger partial charge in [-0.3, -0.25) is 9.69 Å². The highest BCUT2D eigenvalue weighted by atomic mass is 16.5. The van der Waals surface area contributed by atoms with E-state index < -0.39 is 0 Å². The van der Waals surface area contributed by atoms with Gasteiger partial charge in [0.25, 0.3) is 5.88 Å². The van der Waals surface area contributed by atoms with Gasteiger partial charge in [-0.15, -0.1) is 5.10 Å². The third-order valence-corrected chi connectivity index (χ3v) is 2.19. The van der Waals surface area contributed by atoms with Gasteiger partial charge in [-0.25, -0.2) is 0 Å². The summed E-state index contributed by atoms with van der Waals surface area (Å²) in [6.07, 6.45) is 5.16. The largest absolute Gasteiger partial charge is 0.318 e. The summed E-state index contributed by atoms with van der Waals surface area (Å²) < 4.78 is 4.84. The lowest BCUT2D eigenvalue weighted by molar-refractivity contribution is -0.118. The maximum atomic E-state index is 11.5. The molecule has 0 aliphatic carbocycles. The highest BCUT2D eigenvalue weighted by Gasteiger charge is 2.20. The highest BCUT2D eigenvalue weighted by molar-refractivity contribution is 5.91. The van der Waals surface area contributed by atoms with Crippen LogP contribution in [0.5, 0.6) is 0 Å². The second kappa shape index (κ2) is 3.55. The van der Waals surface area contributed by atoms with Crippen molar-refractivity contribution in [2.24, 2.45) is 0 Å². The average Bonchev–Trinajstić information content (AvgIpc) is 2.56. The first-order valence-electron chi connectivity index (χ1n) is 4.45. The van der Waals surface area contributed by atoms with Gasteiger partial charge < -0.3 is 4.52 Å². The maximum Gasteiger partial charge on any atom is 0.254 e. The minimum atomic E-state index is 0.107. The molecule has 0 radical (unpaired) electrons. The summed E-state index contributed by atoms with van der Waals surface area (Å²) in [5.74, 6) is 0.572. The molecule has 1 amide bonds. The normalized spacial score (nSPS) is 18.8. The Balaban J connectivity index is 2.16. The Kier molecular flexibility index (Phi) is 2.25. The molecule has 1 aromatic heterocycles. The Hall–Kier alpha value is -1.39. The molecular weight excluding hydrogens is 170 g/mol. The van der Waals surface area contributed by atoms with Crippen LogP contribution in [0.3, 0.4) is 0 Å². The first kappa shape index (κ1) is 8.22. The topological polar surface area (TPSA) is 59.2 Å². The zero-order valence-electron chi connectivity index (χ0n) is 7.27. The van der Waals surface area contributed by atoms with E-state index in [0.717, 1.165) is 25.8 Å². The minimum absolute atomic E-state index is 0.107. The SMILES string of the molecule is O=C1CCCCCN1c1cnno1. The Bertz CT molecular complexity index is 284. The summed E-state index contributed by atoms with van der Waals surface area (Å²) in [6.45, 7) is 0.718. The molecule has 2 rings (SSSR count). The van der Waals surface area contributed by atoms with Gasteiger partial charge >= 0.3 is 0 Å². The molecule has 0 N–H and O–H groups in total. The molecule has 1 saturated heterocycles. The highest BCUT2D eigenvalue weighted by Crippen LogP contribution is 2.18. The van der Waals surface area contributed by atoms with Gasteiger partial charge in [0, 0.05) is 18.2 Å². The van der Waals surface area contributed by atoms with Gasteiger partial charge in [0.2, 0.25) is 5.91 Å². The predicted octanol–water partition coefficient (Wildman–Crippen LogP) is 0.977. The van der Waals surface area contributed by atoms with E-state index in [1.54, 1.807) is 4.90 Å². The van der Waals surface area contributed by atoms with E-state index in [2.05, 4.69) is 10.4 Å². The van der Waals surface area contributed by atoms with Crippen LogP contribution in [-0.4, -0.2) is 22.8 Å². The summed E-state index contributed by atoms with van der Waals surface area (Å²) >= 11 is 0. The van der Waals surface area contributed by atoms with E-state index in [4.69, 9.17) is 4.52 Å². The Morgan fingerprint density at radius 1 is 1.38 bits per heavy atom. The van der Waals surface area contributed by atoms with Crippen molar-refractivity contribution in [3.8, 4) is 0 Å². The standard InChI is InChI=1S/C8H11N3O2/c12-7-4-2-1-3-5-11(7)8-6-9-10-13-8/h6H,1-5H2. The molecule has 0 unspecified atom stereocenters. The molecule has 13 heavy (non-hydrogen) atoms. The number of carbonyl (C=O) groups is 1. The fourth-order valence-corrected chi connectivity index (χ4v) is 1.50. The molecule has 1 aliphatic heterocycles. The van der Waals surface area contributed by atoms with E-state index in [-0.39, 0.29) is 5.91 Å². The smallest absolute Gasteiger partial charge is 0.254 e. The second-order valence-electron chi connectivity index (χ2n) is 3.11. The third kappa shape index (κ3) is 1.68. The lowest BCUT2D eigenvalue weighted by Gasteiger charge is -2.14. The number of amides is 1. The van der Waals surface area contributed by atoms with Gasteiger partial charge in [0.05, 0.1) is 0 Å². The molecule has 1 fully saturated rings. The molecule has 0 bridgehead atoms. The molecule has 70 valence electrons. The van der Waals surface area contributed by atoms with E-state index in [1.165, 1.54) is 6.20 Å². The van der Waals surface area contributed by atoms with E-state index in [0.29, 0.717) is 12.3 Å². The van der Waals surface area contributed by atoms with Crippen LogP contribution >= 0.6 is 0 Å². The molecule has 5 heteroatoms. The van der Waals surface area contributed by atoms with Gasteiger partial charge in [0.1, 0.15) is 6.20 Å². The lowest BCUT2D eigenvalue weighted by Crippen LogP contribution is -2.29. The molecule has 2 heterocycles. The summed E-state index contributed by atoms with van der Waals surface area (Å²) in [7, 11) is 0. The molecule has 0 aromatic carbocycles. The Labute approximate surface area is 75.7 Å². The quantitative estimate of drug-likeness (QED) is 0.647. The molecule has 0 atom stereocenters. The summed E-state index contributed by atoms with van der Waals surface area (Å²) in [6, 6.07) is 0. The van der Waals surface area contributed by atoms with Crippen molar-refractivity contribution >= 4 is 11.8 Å². The van der Waals surface area contributed by atoms with E-state index in [1.807, 2.05) is 0 Å². The molecule has 1 aliphatic rings. The average molecular weight is 181 g/mol.